The van der Waals surface area contributed by atoms with Crippen LogP contribution in [0.25, 0.3) is 0 Å². The maximum Gasteiger partial charge on any atom is 0.0987 e. The summed E-state index contributed by atoms with van der Waals surface area (Å²) in [6.45, 7) is 6.54. The zero-order valence-electron chi connectivity index (χ0n) is 10.2. The summed E-state index contributed by atoms with van der Waals surface area (Å²) in [6, 6.07) is 10.3. The van der Waals surface area contributed by atoms with E-state index in [-0.39, 0.29) is 0 Å². The molecule has 3 nitrogen and oxygen atoms in total. The van der Waals surface area contributed by atoms with Crippen molar-refractivity contribution < 1.29 is 9.47 Å². The molecule has 0 radical (unpaired) electrons. The molecule has 16 heavy (non-hydrogen) atoms. The van der Waals surface area contributed by atoms with Crippen LogP contribution in [0.3, 0.4) is 0 Å². The fraction of sp³-hybridized carbons (Fsp3) is 0.538. The predicted octanol–water partition coefficient (Wildman–Crippen LogP) is 1.92. The smallest absolute Gasteiger partial charge is 0.0987 e. The van der Waals surface area contributed by atoms with Crippen molar-refractivity contribution in [3.8, 4) is 0 Å². The number of morpholine rings is 1. The Labute approximate surface area is 98.0 Å². The number of hydrogen-bond acceptors (Lipinski definition) is 3. The van der Waals surface area contributed by atoms with Crippen LogP contribution in [0.4, 0.5) is 0 Å². The summed E-state index contributed by atoms with van der Waals surface area (Å²) < 4.78 is 10.1. The van der Waals surface area contributed by atoms with Gasteiger partial charge in [0.05, 0.1) is 19.9 Å². The summed E-state index contributed by atoms with van der Waals surface area (Å²) in [6.07, 6.45) is 0. The minimum atomic E-state index is 0.739. The minimum Gasteiger partial charge on any atom is -0.379 e. The molecule has 0 aromatic heterocycles. The summed E-state index contributed by atoms with van der Waals surface area (Å²) >= 11 is 0. The molecular formula is C13H21NO2. The van der Waals surface area contributed by atoms with Crippen LogP contribution in [0.2, 0.25) is 0 Å². The summed E-state index contributed by atoms with van der Waals surface area (Å²) in [5, 5.41) is 0. The quantitative estimate of drug-likeness (QED) is 0.764. The Morgan fingerprint density at radius 1 is 1.19 bits per heavy atom. The van der Waals surface area contributed by atoms with Gasteiger partial charge in [-0.05, 0) is 6.92 Å². The van der Waals surface area contributed by atoms with E-state index in [4.69, 9.17) is 9.47 Å². The molecule has 1 aliphatic heterocycles. The molecule has 1 aliphatic rings. The van der Waals surface area contributed by atoms with Gasteiger partial charge in [-0.15, -0.1) is 0 Å². The maximum atomic E-state index is 5.15. The lowest BCUT2D eigenvalue weighted by molar-refractivity contribution is -0.0178. The highest BCUT2D eigenvalue weighted by Crippen LogP contribution is 1.94. The Hall–Kier alpha value is -0.900. The molecule has 1 aromatic carbocycles. The van der Waals surface area contributed by atoms with Gasteiger partial charge >= 0.3 is 0 Å². The molecule has 2 rings (SSSR count). The highest BCUT2D eigenvalue weighted by molar-refractivity contribution is 5.11. The van der Waals surface area contributed by atoms with Crippen molar-refractivity contribution in [3.05, 3.63) is 35.9 Å². The van der Waals surface area contributed by atoms with E-state index in [1.807, 2.05) is 18.2 Å². The lowest BCUT2D eigenvalue weighted by Gasteiger charge is -2.25. The largest absolute Gasteiger partial charge is 0.379 e. The molecule has 1 saturated heterocycles. The van der Waals surface area contributed by atoms with Crippen LogP contribution in [-0.4, -0.2) is 45.0 Å². The molecule has 1 fully saturated rings. The molecular weight excluding hydrogens is 202 g/mol. The lowest BCUT2D eigenvalue weighted by Crippen LogP contribution is -2.37. The first kappa shape index (κ1) is 13.2. The minimum absolute atomic E-state index is 0.739. The van der Waals surface area contributed by atoms with E-state index in [0.29, 0.717) is 0 Å². The van der Waals surface area contributed by atoms with Crippen molar-refractivity contribution in [1.82, 2.24) is 4.90 Å². The first-order valence-electron chi connectivity index (χ1n) is 5.63. The second-order valence-electron chi connectivity index (χ2n) is 3.80. The zero-order chi connectivity index (χ0) is 11.6. The number of benzene rings is 1. The predicted molar refractivity (Wildman–Crippen MR) is 65.4 cm³/mol. The van der Waals surface area contributed by atoms with Crippen LogP contribution in [-0.2, 0) is 9.47 Å². The molecule has 0 amide bonds. The molecule has 0 N–H and O–H groups in total. The average molecular weight is 223 g/mol. The normalized spacial score (nSPS) is 16.4. The number of ether oxygens (including phenoxy) is 2. The highest BCUT2D eigenvalue weighted by atomic mass is 16.5. The van der Waals surface area contributed by atoms with Gasteiger partial charge < -0.3 is 9.47 Å². The van der Waals surface area contributed by atoms with Crippen molar-refractivity contribution in [3.63, 3.8) is 0 Å². The molecule has 0 atom stereocenters. The van der Waals surface area contributed by atoms with Gasteiger partial charge in [0.1, 0.15) is 0 Å². The van der Waals surface area contributed by atoms with Gasteiger partial charge in [-0.1, -0.05) is 35.9 Å². The molecule has 1 heterocycles. The summed E-state index contributed by atoms with van der Waals surface area (Å²) in [5.74, 6) is 0. The maximum absolute atomic E-state index is 5.15. The van der Waals surface area contributed by atoms with Crippen LogP contribution < -0.4 is 0 Å². The number of aryl methyl sites for hydroxylation is 1. The van der Waals surface area contributed by atoms with Crippen molar-refractivity contribution in [1.29, 1.82) is 0 Å². The Morgan fingerprint density at radius 3 is 2.25 bits per heavy atom. The highest BCUT2D eigenvalue weighted by Gasteiger charge is 2.07. The van der Waals surface area contributed by atoms with Gasteiger partial charge in [0.2, 0.25) is 0 Å². The number of rotatable bonds is 2. The van der Waals surface area contributed by atoms with Crippen LogP contribution in [0, 0.1) is 6.92 Å². The van der Waals surface area contributed by atoms with Crippen LogP contribution >= 0.6 is 0 Å². The first-order valence-corrected chi connectivity index (χ1v) is 5.63. The number of hydrogen-bond donors (Lipinski definition) is 0. The van der Waals surface area contributed by atoms with Crippen LogP contribution in [0.15, 0.2) is 30.3 Å². The fourth-order valence-corrected chi connectivity index (χ4v) is 1.45. The molecule has 0 bridgehead atoms. The summed E-state index contributed by atoms with van der Waals surface area (Å²) in [5.41, 5.74) is 1.32. The Morgan fingerprint density at radius 2 is 1.81 bits per heavy atom. The first-order chi connectivity index (χ1) is 7.83. The number of methoxy groups -OCH3 is 1. The van der Waals surface area contributed by atoms with Gasteiger partial charge in [0, 0.05) is 20.2 Å². The fourth-order valence-electron chi connectivity index (χ4n) is 1.45. The van der Waals surface area contributed by atoms with Crippen molar-refractivity contribution in [2.75, 3.05) is 40.1 Å². The Kier molecular flexibility index (Phi) is 6.81. The molecule has 0 unspecified atom stereocenters. The topological polar surface area (TPSA) is 21.7 Å². The third-order valence-corrected chi connectivity index (χ3v) is 2.36. The number of nitrogens with zero attached hydrogens (tertiary/aromatic N) is 1. The SMILES string of the molecule is COCN1CCOCC1.Cc1ccccc1. The lowest BCUT2D eigenvalue weighted by atomic mass is 10.2. The third-order valence-electron chi connectivity index (χ3n) is 2.36. The molecule has 0 saturated carbocycles. The van der Waals surface area contributed by atoms with Gasteiger partial charge in [0.15, 0.2) is 0 Å². The van der Waals surface area contributed by atoms with E-state index in [1.165, 1.54) is 5.56 Å². The Bertz CT molecular complexity index is 255. The average Bonchev–Trinajstić information content (AvgIpc) is 2.33. The van der Waals surface area contributed by atoms with Crippen LogP contribution in [0.1, 0.15) is 5.56 Å². The monoisotopic (exact) mass is 223 g/mol. The van der Waals surface area contributed by atoms with Crippen molar-refractivity contribution in [2.24, 2.45) is 0 Å². The van der Waals surface area contributed by atoms with E-state index in [9.17, 15) is 0 Å². The molecule has 3 heteroatoms. The van der Waals surface area contributed by atoms with E-state index in [2.05, 4.69) is 24.0 Å². The van der Waals surface area contributed by atoms with Crippen LogP contribution in [0.5, 0.6) is 0 Å². The molecule has 90 valence electrons. The zero-order valence-corrected chi connectivity index (χ0v) is 10.2. The van der Waals surface area contributed by atoms with E-state index in [1.54, 1.807) is 7.11 Å². The molecule has 1 aromatic rings. The van der Waals surface area contributed by atoms with Gasteiger partial charge in [-0.3, -0.25) is 4.90 Å². The summed E-state index contributed by atoms with van der Waals surface area (Å²) in [7, 11) is 1.72. The molecule has 0 spiro atoms. The van der Waals surface area contributed by atoms with Gasteiger partial charge in [-0.2, -0.15) is 0 Å². The third kappa shape index (κ3) is 5.85. The van der Waals surface area contributed by atoms with E-state index >= 15 is 0 Å². The summed E-state index contributed by atoms with van der Waals surface area (Å²) in [4.78, 5) is 2.23. The second kappa shape index (κ2) is 8.28. The van der Waals surface area contributed by atoms with Gasteiger partial charge in [-0.25, -0.2) is 0 Å². The second-order valence-corrected chi connectivity index (χ2v) is 3.80. The standard InChI is InChI=1S/C7H8.C6H13NO2/c1-7-5-3-2-4-6-7;1-8-6-7-2-4-9-5-3-7/h2-6H,1H3;2-6H2,1H3. The Balaban J connectivity index is 0.000000165. The van der Waals surface area contributed by atoms with Crippen molar-refractivity contribution >= 4 is 0 Å². The van der Waals surface area contributed by atoms with Gasteiger partial charge in [0.25, 0.3) is 0 Å². The van der Waals surface area contributed by atoms with E-state index in [0.717, 1.165) is 33.0 Å². The van der Waals surface area contributed by atoms with Crippen molar-refractivity contribution in [2.45, 2.75) is 6.92 Å². The van der Waals surface area contributed by atoms with E-state index < -0.39 is 0 Å². The molecule has 0 aliphatic carbocycles.